The van der Waals surface area contributed by atoms with Gasteiger partial charge in [0.2, 0.25) is 0 Å². The molecule has 0 aliphatic carbocycles. The zero-order valence-electron chi connectivity index (χ0n) is 6.60. The quantitative estimate of drug-likeness (QED) is 0.644. The van der Waals surface area contributed by atoms with E-state index >= 15 is 0 Å². The van der Waals surface area contributed by atoms with Crippen LogP contribution in [-0.4, -0.2) is 0 Å². The predicted molar refractivity (Wildman–Crippen MR) is 56.0 cm³/mol. The first-order valence-corrected chi connectivity index (χ1v) is 4.87. The summed E-state index contributed by atoms with van der Waals surface area (Å²) in [4.78, 5) is 0. The number of benzene rings is 1. The first-order valence-electron chi connectivity index (χ1n) is 3.62. The van der Waals surface area contributed by atoms with Gasteiger partial charge in [-0.25, -0.2) is 0 Å². The summed E-state index contributed by atoms with van der Waals surface area (Å²) >= 11 is 7.63. The first-order chi connectivity index (χ1) is 5.70. The van der Waals surface area contributed by atoms with Crippen molar-refractivity contribution in [3.8, 4) is 0 Å². The molecule has 0 aliphatic rings. The minimum Gasteiger partial charge on any atom is -0.397 e. The fourth-order valence-corrected chi connectivity index (χ4v) is 2.41. The normalized spacial score (nSPS) is 10.8. The number of nitrogen functional groups attached to an aromatic ring is 1. The van der Waals surface area contributed by atoms with E-state index in [0.717, 1.165) is 5.56 Å². The van der Waals surface area contributed by atoms with E-state index in [9.17, 15) is 0 Å². The number of hydrogen-bond donors (Lipinski definition) is 1. The Labute approximate surface area is 79.8 Å². The van der Waals surface area contributed by atoms with E-state index in [4.69, 9.17) is 17.3 Å². The molecule has 3 heteroatoms. The maximum absolute atomic E-state index is 5.93. The number of halogens is 1. The molecule has 2 rings (SSSR count). The van der Waals surface area contributed by atoms with Crippen molar-refractivity contribution in [3.05, 3.63) is 28.1 Å². The smallest absolute Gasteiger partial charge is 0.0645 e. The highest BCUT2D eigenvalue weighted by molar-refractivity contribution is 7.17. The highest BCUT2D eigenvalue weighted by Gasteiger charge is 2.05. The molecule has 0 atom stereocenters. The Bertz CT molecular complexity index is 433. The van der Waals surface area contributed by atoms with Gasteiger partial charge in [0.15, 0.2) is 0 Å². The summed E-state index contributed by atoms with van der Waals surface area (Å²) < 4.78 is 1.23. The third-order valence-corrected chi connectivity index (χ3v) is 3.34. The Morgan fingerprint density at radius 1 is 1.50 bits per heavy atom. The van der Waals surface area contributed by atoms with Crippen molar-refractivity contribution in [1.82, 2.24) is 0 Å². The van der Waals surface area contributed by atoms with Gasteiger partial charge in [0, 0.05) is 4.70 Å². The maximum atomic E-state index is 5.93. The van der Waals surface area contributed by atoms with Gasteiger partial charge in [0.25, 0.3) is 0 Å². The molecular formula is C9H8ClNS. The third-order valence-electron chi connectivity index (χ3n) is 1.98. The van der Waals surface area contributed by atoms with Crippen LogP contribution < -0.4 is 5.73 Å². The van der Waals surface area contributed by atoms with Crippen molar-refractivity contribution < 1.29 is 0 Å². The average Bonchev–Trinajstić information content (AvgIpc) is 2.48. The molecule has 12 heavy (non-hydrogen) atoms. The standard InChI is InChI=1S/C9H8ClNS/c1-5-8(11)7(10)4-6-2-3-12-9(5)6/h2-4H,11H2,1H3. The molecule has 0 radical (unpaired) electrons. The molecule has 2 N–H and O–H groups in total. The van der Waals surface area contributed by atoms with Gasteiger partial charge in [0.05, 0.1) is 10.7 Å². The number of nitrogens with two attached hydrogens (primary N) is 1. The van der Waals surface area contributed by atoms with E-state index in [1.54, 1.807) is 11.3 Å². The summed E-state index contributed by atoms with van der Waals surface area (Å²) in [5.74, 6) is 0. The van der Waals surface area contributed by atoms with E-state index in [1.165, 1.54) is 10.1 Å². The van der Waals surface area contributed by atoms with Gasteiger partial charge >= 0.3 is 0 Å². The number of aryl methyl sites for hydroxylation is 1. The van der Waals surface area contributed by atoms with Crippen LogP contribution in [0.4, 0.5) is 5.69 Å². The summed E-state index contributed by atoms with van der Waals surface area (Å²) in [6.07, 6.45) is 0. The third kappa shape index (κ3) is 0.993. The van der Waals surface area contributed by atoms with Crippen molar-refractivity contribution in [2.45, 2.75) is 6.92 Å². The number of thiophene rings is 1. The number of anilines is 1. The molecule has 1 aromatic heterocycles. The van der Waals surface area contributed by atoms with Crippen LogP contribution in [0.2, 0.25) is 5.02 Å². The average molecular weight is 198 g/mol. The zero-order valence-corrected chi connectivity index (χ0v) is 8.17. The number of hydrogen-bond acceptors (Lipinski definition) is 2. The fraction of sp³-hybridized carbons (Fsp3) is 0.111. The Morgan fingerprint density at radius 3 is 3.00 bits per heavy atom. The van der Waals surface area contributed by atoms with Crippen molar-refractivity contribution in [3.63, 3.8) is 0 Å². The van der Waals surface area contributed by atoms with Crippen LogP contribution in [0.25, 0.3) is 10.1 Å². The van der Waals surface area contributed by atoms with E-state index in [1.807, 2.05) is 18.4 Å². The molecule has 0 aliphatic heterocycles. The van der Waals surface area contributed by atoms with Crippen molar-refractivity contribution in [2.24, 2.45) is 0 Å². The molecule has 0 saturated carbocycles. The first kappa shape index (κ1) is 7.90. The van der Waals surface area contributed by atoms with Gasteiger partial charge in [-0.05, 0) is 35.4 Å². The summed E-state index contributed by atoms with van der Waals surface area (Å²) in [6, 6.07) is 3.97. The van der Waals surface area contributed by atoms with Gasteiger partial charge in [-0.1, -0.05) is 11.6 Å². The van der Waals surface area contributed by atoms with Gasteiger partial charge in [-0.3, -0.25) is 0 Å². The minimum absolute atomic E-state index is 0.651. The lowest BCUT2D eigenvalue weighted by molar-refractivity contribution is 1.55. The lowest BCUT2D eigenvalue weighted by Gasteiger charge is -2.03. The molecule has 1 aromatic carbocycles. The highest BCUT2D eigenvalue weighted by atomic mass is 35.5. The molecule has 0 unspecified atom stereocenters. The Balaban J connectivity index is 2.94. The van der Waals surface area contributed by atoms with Gasteiger partial charge < -0.3 is 5.73 Å². The van der Waals surface area contributed by atoms with Crippen molar-refractivity contribution in [1.29, 1.82) is 0 Å². The molecule has 1 heterocycles. The zero-order chi connectivity index (χ0) is 8.72. The van der Waals surface area contributed by atoms with Crippen LogP contribution in [0, 0.1) is 6.92 Å². The van der Waals surface area contributed by atoms with Gasteiger partial charge in [0.1, 0.15) is 0 Å². The van der Waals surface area contributed by atoms with Crippen LogP contribution in [0.1, 0.15) is 5.56 Å². The van der Waals surface area contributed by atoms with Gasteiger partial charge in [-0.15, -0.1) is 11.3 Å². The molecule has 1 nitrogen and oxygen atoms in total. The summed E-state index contributed by atoms with van der Waals surface area (Å²) in [5, 5.41) is 3.88. The second-order valence-corrected chi connectivity index (χ2v) is 4.06. The number of rotatable bonds is 0. The van der Waals surface area contributed by atoms with E-state index in [2.05, 4.69) is 6.07 Å². The molecule has 0 bridgehead atoms. The predicted octanol–water partition coefficient (Wildman–Crippen LogP) is 3.45. The second kappa shape index (κ2) is 2.64. The van der Waals surface area contributed by atoms with Gasteiger partial charge in [-0.2, -0.15) is 0 Å². The topological polar surface area (TPSA) is 26.0 Å². The SMILES string of the molecule is Cc1c(N)c(Cl)cc2ccsc12. The Kier molecular flexibility index (Phi) is 1.74. The lowest BCUT2D eigenvalue weighted by Crippen LogP contribution is -1.89. The highest BCUT2D eigenvalue weighted by Crippen LogP contribution is 2.33. The molecule has 0 amide bonds. The van der Waals surface area contributed by atoms with E-state index < -0.39 is 0 Å². The van der Waals surface area contributed by atoms with E-state index in [0.29, 0.717) is 10.7 Å². The fourth-order valence-electron chi connectivity index (χ4n) is 1.25. The monoisotopic (exact) mass is 197 g/mol. The lowest BCUT2D eigenvalue weighted by atomic mass is 10.1. The van der Waals surface area contributed by atoms with E-state index in [-0.39, 0.29) is 0 Å². The minimum atomic E-state index is 0.651. The summed E-state index contributed by atoms with van der Waals surface area (Å²) in [6.45, 7) is 2.00. The van der Waals surface area contributed by atoms with Crippen LogP contribution >= 0.6 is 22.9 Å². The Morgan fingerprint density at radius 2 is 2.25 bits per heavy atom. The van der Waals surface area contributed by atoms with Crippen LogP contribution in [0.5, 0.6) is 0 Å². The second-order valence-electron chi connectivity index (χ2n) is 2.74. The number of fused-ring (bicyclic) bond motifs is 1. The Hall–Kier alpha value is -0.730. The molecule has 2 aromatic rings. The molecule has 0 spiro atoms. The summed E-state index contributed by atoms with van der Waals surface area (Å²) in [5.41, 5.74) is 7.57. The maximum Gasteiger partial charge on any atom is 0.0645 e. The van der Waals surface area contributed by atoms with Crippen molar-refractivity contribution >= 4 is 38.7 Å². The summed E-state index contributed by atoms with van der Waals surface area (Å²) in [7, 11) is 0. The molecule has 0 fully saturated rings. The van der Waals surface area contributed by atoms with Crippen LogP contribution in [-0.2, 0) is 0 Å². The van der Waals surface area contributed by atoms with Crippen LogP contribution in [0.3, 0.4) is 0 Å². The van der Waals surface area contributed by atoms with Crippen molar-refractivity contribution in [2.75, 3.05) is 5.73 Å². The molecule has 0 saturated heterocycles. The largest absolute Gasteiger partial charge is 0.397 e. The molecule has 62 valence electrons. The van der Waals surface area contributed by atoms with Crippen LogP contribution in [0.15, 0.2) is 17.5 Å². The molecular weight excluding hydrogens is 190 g/mol.